The summed E-state index contributed by atoms with van der Waals surface area (Å²) in [6.45, 7) is 5.31. The van der Waals surface area contributed by atoms with Crippen molar-refractivity contribution in [2.45, 2.75) is 6.92 Å². The molecule has 0 heterocycles. The molecule has 1 rings (SSSR count). The first-order valence-corrected chi connectivity index (χ1v) is 4.32. The largest absolute Gasteiger partial charge is 0.272 e. The molecule has 0 aliphatic carbocycles. The standard InChI is InChI=1S/C12H12FN/c1-3-4-11(9-14-2)10-5-7-12(13)8-6-10/h3-9H,2H2,1H3/b4-3-,11-9+. The molecular weight excluding hydrogens is 177 g/mol. The van der Waals surface area contributed by atoms with E-state index in [4.69, 9.17) is 0 Å². The maximum absolute atomic E-state index is 12.6. The van der Waals surface area contributed by atoms with Gasteiger partial charge in [0, 0.05) is 6.20 Å². The third-order valence-corrected chi connectivity index (χ3v) is 1.75. The molecule has 2 heteroatoms. The maximum Gasteiger partial charge on any atom is 0.123 e. The fraction of sp³-hybridized carbons (Fsp3) is 0.0833. The van der Waals surface area contributed by atoms with Crippen LogP contribution in [0.4, 0.5) is 4.39 Å². The fourth-order valence-corrected chi connectivity index (χ4v) is 1.13. The lowest BCUT2D eigenvalue weighted by atomic mass is 10.1. The van der Waals surface area contributed by atoms with E-state index >= 15 is 0 Å². The van der Waals surface area contributed by atoms with Crippen LogP contribution < -0.4 is 0 Å². The molecule has 1 nitrogen and oxygen atoms in total. The van der Waals surface area contributed by atoms with E-state index in [1.165, 1.54) is 12.1 Å². The van der Waals surface area contributed by atoms with Gasteiger partial charge in [0.05, 0.1) is 0 Å². The molecule has 0 bridgehead atoms. The van der Waals surface area contributed by atoms with Crippen molar-refractivity contribution in [2.24, 2.45) is 4.99 Å². The summed E-state index contributed by atoms with van der Waals surface area (Å²) < 4.78 is 12.6. The van der Waals surface area contributed by atoms with Gasteiger partial charge in [-0.15, -0.1) is 0 Å². The molecule has 0 fully saturated rings. The lowest BCUT2D eigenvalue weighted by Gasteiger charge is -2.00. The number of hydrogen-bond donors (Lipinski definition) is 0. The summed E-state index contributed by atoms with van der Waals surface area (Å²) in [5.41, 5.74) is 1.85. The first kappa shape index (κ1) is 10.4. The summed E-state index contributed by atoms with van der Waals surface area (Å²) in [5.74, 6) is -0.236. The van der Waals surface area contributed by atoms with Gasteiger partial charge in [0.1, 0.15) is 5.82 Å². The molecule has 0 aliphatic rings. The monoisotopic (exact) mass is 189 g/mol. The minimum absolute atomic E-state index is 0.236. The predicted molar refractivity (Wildman–Crippen MR) is 58.7 cm³/mol. The molecule has 0 amide bonds. The van der Waals surface area contributed by atoms with Crippen molar-refractivity contribution in [1.29, 1.82) is 0 Å². The molecule has 1 aromatic carbocycles. The normalized spacial score (nSPS) is 12.0. The molecule has 0 unspecified atom stereocenters. The highest BCUT2D eigenvalue weighted by Crippen LogP contribution is 2.16. The average Bonchev–Trinajstić information content (AvgIpc) is 2.19. The zero-order chi connectivity index (χ0) is 10.4. The van der Waals surface area contributed by atoms with Crippen LogP contribution in [0.5, 0.6) is 0 Å². The van der Waals surface area contributed by atoms with E-state index in [-0.39, 0.29) is 5.82 Å². The van der Waals surface area contributed by atoms with Gasteiger partial charge in [-0.25, -0.2) is 4.39 Å². The molecule has 0 saturated heterocycles. The van der Waals surface area contributed by atoms with Crippen LogP contribution in [0.15, 0.2) is 47.6 Å². The third kappa shape index (κ3) is 2.66. The van der Waals surface area contributed by atoms with E-state index in [0.717, 1.165) is 11.1 Å². The number of nitrogens with zero attached hydrogens (tertiary/aromatic N) is 1. The van der Waals surface area contributed by atoms with Gasteiger partial charge >= 0.3 is 0 Å². The van der Waals surface area contributed by atoms with Crippen molar-refractivity contribution < 1.29 is 4.39 Å². The molecule has 0 atom stereocenters. The molecule has 14 heavy (non-hydrogen) atoms. The summed E-state index contributed by atoms with van der Waals surface area (Å²) in [5, 5.41) is 0. The van der Waals surface area contributed by atoms with Gasteiger partial charge in [-0.05, 0) is 36.9 Å². The van der Waals surface area contributed by atoms with Gasteiger partial charge in [-0.2, -0.15) is 0 Å². The fourth-order valence-electron chi connectivity index (χ4n) is 1.13. The van der Waals surface area contributed by atoms with Gasteiger partial charge in [-0.1, -0.05) is 24.3 Å². The van der Waals surface area contributed by atoms with Gasteiger partial charge < -0.3 is 0 Å². The second-order valence-corrected chi connectivity index (χ2v) is 2.77. The molecule has 0 spiro atoms. The quantitative estimate of drug-likeness (QED) is 0.510. The Balaban J connectivity index is 3.05. The summed E-state index contributed by atoms with van der Waals surface area (Å²) >= 11 is 0. The number of allylic oxidation sites excluding steroid dienone is 3. The Labute approximate surface area is 83.3 Å². The molecular formula is C12H12FN. The highest BCUT2D eigenvalue weighted by molar-refractivity contribution is 5.74. The lowest BCUT2D eigenvalue weighted by Crippen LogP contribution is -1.81. The third-order valence-electron chi connectivity index (χ3n) is 1.75. The van der Waals surface area contributed by atoms with Crippen LogP contribution in [0.3, 0.4) is 0 Å². The molecule has 0 aliphatic heterocycles. The van der Waals surface area contributed by atoms with E-state index in [9.17, 15) is 4.39 Å². The predicted octanol–water partition coefficient (Wildman–Crippen LogP) is 3.44. The first-order valence-electron chi connectivity index (χ1n) is 4.32. The van der Waals surface area contributed by atoms with Crippen LogP contribution in [0.1, 0.15) is 12.5 Å². The Bertz CT molecular complexity index is 360. The summed E-state index contributed by atoms with van der Waals surface area (Å²) in [7, 11) is 0. The Morgan fingerprint density at radius 3 is 2.50 bits per heavy atom. The SMILES string of the molecule is C=N/C=C(\C=C/C)c1ccc(F)cc1. The van der Waals surface area contributed by atoms with Crippen LogP contribution in [0.2, 0.25) is 0 Å². The van der Waals surface area contributed by atoms with E-state index in [1.54, 1.807) is 18.3 Å². The molecule has 0 radical (unpaired) electrons. The Morgan fingerprint density at radius 1 is 1.36 bits per heavy atom. The minimum atomic E-state index is -0.236. The van der Waals surface area contributed by atoms with Crippen molar-refractivity contribution in [3.05, 3.63) is 54.0 Å². The molecule has 0 N–H and O–H groups in total. The van der Waals surface area contributed by atoms with Crippen molar-refractivity contribution in [3.63, 3.8) is 0 Å². The van der Waals surface area contributed by atoms with Crippen molar-refractivity contribution in [2.75, 3.05) is 0 Å². The zero-order valence-corrected chi connectivity index (χ0v) is 8.07. The Morgan fingerprint density at radius 2 is 2.00 bits per heavy atom. The van der Waals surface area contributed by atoms with Crippen LogP contribution in [-0.2, 0) is 0 Å². The van der Waals surface area contributed by atoms with Gasteiger partial charge in [-0.3, -0.25) is 4.99 Å². The minimum Gasteiger partial charge on any atom is -0.272 e. The summed E-state index contributed by atoms with van der Waals surface area (Å²) in [4.78, 5) is 3.70. The summed E-state index contributed by atoms with van der Waals surface area (Å²) in [6, 6.07) is 6.28. The molecule has 0 aromatic heterocycles. The van der Waals surface area contributed by atoms with Gasteiger partial charge in [0.25, 0.3) is 0 Å². The average molecular weight is 189 g/mol. The number of hydrogen-bond acceptors (Lipinski definition) is 1. The molecule has 72 valence electrons. The number of benzene rings is 1. The number of aliphatic imine (C=N–C) groups is 1. The first-order chi connectivity index (χ1) is 6.77. The smallest absolute Gasteiger partial charge is 0.123 e. The van der Waals surface area contributed by atoms with Crippen LogP contribution in [0, 0.1) is 5.82 Å². The van der Waals surface area contributed by atoms with Gasteiger partial charge in [0.15, 0.2) is 0 Å². The summed E-state index contributed by atoms with van der Waals surface area (Å²) in [6.07, 6.45) is 5.45. The van der Waals surface area contributed by atoms with E-state index in [2.05, 4.69) is 11.7 Å². The van der Waals surface area contributed by atoms with E-state index < -0.39 is 0 Å². The Hall–Kier alpha value is -1.70. The van der Waals surface area contributed by atoms with E-state index in [1.807, 2.05) is 19.1 Å². The van der Waals surface area contributed by atoms with Crippen molar-refractivity contribution >= 4 is 12.3 Å². The number of rotatable bonds is 3. The van der Waals surface area contributed by atoms with Gasteiger partial charge in [0.2, 0.25) is 0 Å². The van der Waals surface area contributed by atoms with Crippen molar-refractivity contribution in [3.8, 4) is 0 Å². The van der Waals surface area contributed by atoms with Crippen LogP contribution >= 0.6 is 0 Å². The lowest BCUT2D eigenvalue weighted by molar-refractivity contribution is 0.627. The number of halogens is 1. The molecule has 1 aromatic rings. The highest BCUT2D eigenvalue weighted by atomic mass is 19.1. The second-order valence-electron chi connectivity index (χ2n) is 2.77. The molecule has 0 saturated carbocycles. The second kappa shape index (κ2) is 5.12. The highest BCUT2D eigenvalue weighted by Gasteiger charge is 1.97. The topological polar surface area (TPSA) is 12.4 Å². The van der Waals surface area contributed by atoms with Crippen molar-refractivity contribution in [1.82, 2.24) is 0 Å². The Kier molecular flexibility index (Phi) is 3.80. The zero-order valence-electron chi connectivity index (χ0n) is 8.07. The van der Waals surface area contributed by atoms with Crippen LogP contribution in [0.25, 0.3) is 5.57 Å². The maximum atomic E-state index is 12.6. The van der Waals surface area contributed by atoms with Crippen LogP contribution in [-0.4, -0.2) is 6.72 Å². The van der Waals surface area contributed by atoms with E-state index in [0.29, 0.717) is 0 Å².